The molecule has 0 aromatic rings. The van der Waals surface area contributed by atoms with Crippen LogP contribution in [0.2, 0.25) is 0 Å². The Morgan fingerprint density at radius 3 is 2.00 bits per heavy atom. The molecular weight excluding hydrogens is 408 g/mol. The van der Waals surface area contributed by atoms with Crippen molar-refractivity contribution in [2.45, 2.75) is 103 Å². The number of aliphatic carboxylic acids is 2. The molecule has 4 unspecified atom stereocenters. The first kappa shape index (κ1) is 28.6. The molecule has 1 aliphatic carbocycles. The fourth-order valence-electron chi connectivity index (χ4n) is 3.93. The lowest BCUT2D eigenvalue weighted by Crippen LogP contribution is -2.28. The van der Waals surface area contributed by atoms with Crippen LogP contribution in [0.1, 0.15) is 97.3 Å². The van der Waals surface area contributed by atoms with Gasteiger partial charge >= 0.3 is 11.9 Å². The first-order valence-electron chi connectivity index (χ1n) is 12.8. The molecule has 2 fully saturated rings. The van der Waals surface area contributed by atoms with Crippen LogP contribution in [-0.2, 0) is 19.1 Å². The third-order valence-electron chi connectivity index (χ3n) is 6.08. The van der Waals surface area contributed by atoms with Crippen molar-refractivity contribution in [3.63, 3.8) is 0 Å². The summed E-state index contributed by atoms with van der Waals surface area (Å²) < 4.78 is 9.21. The summed E-state index contributed by atoms with van der Waals surface area (Å²) in [7, 11) is 0. The van der Waals surface area contributed by atoms with Gasteiger partial charge in [-0.25, -0.2) is 0 Å². The molecule has 0 amide bonds. The van der Waals surface area contributed by atoms with E-state index in [0.717, 1.165) is 77.6 Å². The molecule has 2 N–H and O–H groups in total. The Hall–Kier alpha value is -1.40. The standard InChI is InChI=1S/C21H36O4.C3H6O.C2H4O/c1-2-3-4-9-12-18-15-14-17(16-19(18)21(24)25)11-8-6-5-7-10-13-20(22)23;1-3-2-4-3;1-2-3-1/h14-15,17-19H,2-13,16H2,1H3,(H,22,23)(H,24,25);3H,2H2,1H3;1-2H2. The van der Waals surface area contributed by atoms with Gasteiger partial charge in [-0.1, -0.05) is 70.4 Å². The lowest BCUT2D eigenvalue weighted by Gasteiger charge is -2.29. The average molecular weight is 455 g/mol. The summed E-state index contributed by atoms with van der Waals surface area (Å²) in [5.41, 5.74) is 0. The summed E-state index contributed by atoms with van der Waals surface area (Å²) in [6.07, 6.45) is 17.9. The van der Waals surface area contributed by atoms with Gasteiger partial charge < -0.3 is 19.7 Å². The topological polar surface area (TPSA) is 99.7 Å². The van der Waals surface area contributed by atoms with Gasteiger partial charge in [-0.05, 0) is 44.4 Å². The molecule has 6 nitrogen and oxygen atoms in total. The molecule has 2 heterocycles. The van der Waals surface area contributed by atoms with E-state index in [1.165, 1.54) is 19.3 Å². The second-order valence-corrected chi connectivity index (χ2v) is 9.30. The van der Waals surface area contributed by atoms with Gasteiger partial charge in [-0.2, -0.15) is 0 Å². The highest BCUT2D eigenvalue weighted by Crippen LogP contribution is 2.34. The second kappa shape index (κ2) is 18.1. The van der Waals surface area contributed by atoms with Crippen molar-refractivity contribution in [2.24, 2.45) is 17.8 Å². The Labute approximate surface area is 194 Å². The number of carbonyl (C=O) groups is 2. The molecule has 0 radical (unpaired) electrons. The van der Waals surface area contributed by atoms with Gasteiger partial charge in [0.05, 0.1) is 31.8 Å². The predicted molar refractivity (Wildman–Crippen MR) is 127 cm³/mol. The molecule has 2 saturated heterocycles. The van der Waals surface area contributed by atoms with Crippen LogP contribution in [0.4, 0.5) is 0 Å². The normalized spacial score (nSPS) is 25.1. The lowest BCUT2D eigenvalue weighted by molar-refractivity contribution is -0.144. The van der Waals surface area contributed by atoms with Crippen molar-refractivity contribution in [3.05, 3.63) is 12.2 Å². The van der Waals surface area contributed by atoms with Gasteiger partial charge in [0.25, 0.3) is 0 Å². The zero-order valence-electron chi connectivity index (χ0n) is 20.3. The molecule has 0 aromatic heterocycles. The van der Waals surface area contributed by atoms with E-state index in [1.807, 2.05) is 0 Å². The Balaban J connectivity index is 0.000000611. The van der Waals surface area contributed by atoms with E-state index < -0.39 is 11.9 Å². The number of hydrogen-bond donors (Lipinski definition) is 2. The van der Waals surface area contributed by atoms with Crippen LogP contribution in [-0.4, -0.2) is 48.1 Å². The van der Waals surface area contributed by atoms with Crippen LogP contribution in [0.15, 0.2) is 12.2 Å². The van der Waals surface area contributed by atoms with Crippen LogP contribution in [0.5, 0.6) is 0 Å². The monoisotopic (exact) mass is 454 g/mol. The molecule has 186 valence electrons. The maximum Gasteiger partial charge on any atom is 0.307 e. The van der Waals surface area contributed by atoms with E-state index in [0.29, 0.717) is 12.0 Å². The highest BCUT2D eigenvalue weighted by molar-refractivity contribution is 5.71. The fraction of sp³-hybridized carbons (Fsp3) is 0.846. The molecule has 3 aliphatic rings. The van der Waals surface area contributed by atoms with Crippen molar-refractivity contribution in [2.75, 3.05) is 19.8 Å². The number of carboxylic acids is 2. The molecule has 4 atom stereocenters. The van der Waals surface area contributed by atoms with E-state index in [-0.39, 0.29) is 18.3 Å². The van der Waals surface area contributed by atoms with Crippen LogP contribution >= 0.6 is 0 Å². The van der Waals surface area contributed by atoms with Crippen LogP contribution in [0.25, 0.3) is 0 Å². The number of allylic oxidation sites excluding steroid dienone is 2. The van der Waals surface area contributed by atoms with Gasteiger partial charge in [0.1, 0.15) is 0 Å². The first-order chi connectivity index (χ1) is 15.4. The van der Waals surface area contributed by atoms with Crippen molar-refractivity contribution >= 4 is 11.9 Å². The number of unbranched alkanes of at least 4 members (excludes halogenated alkanes) is 7. The smallest absolute Gasteiger partial charge is 0.307 e. The van der Waals surface area contributed by atoms with Crippen molar-refractivity contribution in [3.8, 4) is 0 Å². The Bertz CT molecular complexity index is 524. The van der Waals surface area contributed by atoms with Crippen LogP contribution in [0.3, 0.4) is 0 Å². The van der Waals surface area contributed by atoms with Gasteiger partial charge in [-0.3, -0.25) is 9.59 Å². The second-order valence-electron chi connectivity index (χ2n) is 9.30. The fourth-order valence-corrected chi connectivity index (χ4v) is 3.93. The largest absolute Gasteiger partial charge is 0.481 e. The molecule has 2 aliphatic heterocycles. The number of epoxide rings is 2. The minimum Gasteiger partial charge on any atom is -0.481 e. The van der Waals surface area contributed by atoms with Crippen molar-refractivity contribution < 1.29 is 29.3 Å². The molecule has 3 rings (SSSR count). The van der Waals surface area contributed by atoms with Gasteiger partial charge in [0.2, 0.25) is 0 Å². The summed E-state index contributed by atoms with van der Waals surface area (Å²) in [6, 6.07) is 0. The summed E-state index contributed by atoms with van der Waals surface area (Å²) in [6.45, 7) is 7.23. The molecular formula is C26H46O6. The zero-order chi connectivity index (χ0) is 23.6. The van der Waals surface area contributed by atoms with E-state index in [4.69, 9.17) is 9.84 Å². The number of rotatable bonds is 14. The summed E-state index contributed by atoms with van der Waals surface area (Å²) in [5, 5.41) is 18.2. The predicted octanol–water partition coefficient (Wildman–Crippen LogP) is 6.09. The summed E-state index contributed by atoms with van der Waals surface area (Å²) in [4.78, 5) is 22.1. The summed E-state index contributed by atoms with van der Waals surface area (Å²) >= 11 is 0. The maximum absolute atomic E-state index is 11.6. The van der Waals surface area contributed by atoms with Crippen molar-refractivity contribution in [1.82, 2.24) is 0 Å². The Morgan fingerprint density at radius 2 is 1.47 bits per heavy atom. The van der Waals surface area contributed by atoms with E-state index in [1.54, 1.807) is 0 Å². The third-order valence-corrected chi connectivity index (χ3v) is 6.08. The SMILES string of the molecule is C1CO1.CC1CO1.CCCCCCC1C=CC(CCCCCCCC(=O)O)CC1C(=O)O. The highest BCUT2D eigenvalue weighted by atomic mass is 16.6. The minimum atomic E-state index is -0.712. The van der Waals surface area contributed by atoms with Gasteiger partial charge in [-0.15, -0.1) is 0 Å². The third kappa shape index (κ3) is 17.2. The molecule has 6 heteroatoms. The number of ether oxygens (including phenoxy) is 2. The first-order valence-corrected chi connectivity index (χ1v) is 12.8. The summed E-state index contributed by atoms with van der Waals surface area (Å²) in [5.74, 6) is -0.958. The Kier molecular flexibility index (Phi) is 16.2. The zero-order valence-corrected chi connectivity index (χ0v) is 20.3. The molecule has 0 aromatic carbocycles. The van der Waals surface area contributed by atoms with Crippen LogP contribution < -0.4 is 0 Å². The Morgan fingerprint density at radius 1 is 0.906 bits per heavy atom. The molecule has 32 heavy (non-hydrogen) atoms. The molecule has 0 bridgehead atoms. The molecule has 0 spiro atoms. The van der Waals surface area contributed by atoms with E-state index in [9.17, 15) is 14.7 Å². The molecule has 0 saturated carbocycles. The average Bonchev–Trinajstić information content (AvgIpc) is 3.67. The van der Waals surface area contributed by atoms with Crippen LogP contribution in [0, 0.1) is 17.8 Å². The number of carboxylic acid groups (broad SMARTS) is 2. The van der Waals surface area contributed by atoms with Gasteiger partial charge in [0, 0.05) is 6.42 Å². The lowest BCUT2D eigenvalue weighted by atomic mass is 9.75. The number of hydrogen-bond acceptors (Lipinski definition) is 4. The van der Waals surface area contributed by atoms with E-state index >= 15 is 0 Å². The quantitative estimate of drug-likeness (QED) is 0.187. The van der Waals surface area contributed by atoms with Gasteiger partial charge in [0.15, 0.2) is 0 Å². The highest BCUT2D eigenvalue weighted by Gasteiger charge is 2.31. The minimum absolute atomic E-state index is 0.210. The van der Waals surface area contributed by atoms with E-state index in [2.05, 4.69) is 30.7 Å². The maximum atomic E-state index is 11.6. The van der Waals surface area contributed by atoms with Crippen molar-refractivity contribution in [1.29, 1.82) is 0 Å².